The van der Waals surface area contributed by atoms with Crippen molar-refractivity contribution >= 4 is 0 Å². The van der Waals surface area contributed by atoms with Crippen molar-refractivity contribution in [3.05, 3.63) is 22.1 Å². The number of hydrogen-bond acceptors (Lipinski definition) is 2. The van der Waals surface area contributed by atoms with E-state index in [4.69, 9.17) is 0 Å². The molecule has 0 amide bonds. The Morgan fingerprint density at radius 1 is 1.47 bits per heavy atom. The van der Waals surface area contributed by atoms with Gasteiger partial charge in [0, 0.05) is 11.8 Å². The van der Waals surface area contributed by atoms with Crippen LogP contribution in [0, 0.1) is 5.92 Å². The van der Waals surface area contributed by atoms with Gasteiger partial charge >= 0.3 is 0 Å². The van der Waals surface area contributed by atoms with Gasteiger partial charge in [-0.05, 0) is 25.2 Å². The van der Waals surface area contributed by atoms with Crippen LogP contribution < -0.4 is 5.56 Å². The number of aliphatic hydroxyl groups excluding tert-OH is 1. The number of nitrogens with one attached hydrogen (secondary N) is 1. The second kappa shape index (κ2) is 5.08. The fraction of sp³-hybridized carbons (Fsp3) is 0.769. The quantitative estimate of drug-likeness (QED) is 0.844. The minimum atomic E-state index is -0.382. The third kappa shape index (κ3) is 2.80. The first-order valence-electron chi connectivity index (χ1n) is 6.56. The molecule has 1 aromatic heterocycles. The Kier molecular flexibility index (Phi) is 3.72. The fourth-order valence-corrected chi connectivity index (χ4v) is 2.64. The number of aromatic amines is 1. The molecule has 4 nitrogen and oxygen atoms in total. The molecule has 1 heterocycles. The van der Waals surface area contributed by atoms with E-state index in [-0.39, 0.29) is 17.7 Å². The zero-order valence-corrected chi connectivity index (χ0v) is 10.6. The van der Waals surface area contributed by atoms with Crippen molar-refractivity contribution in [3.8, 4) is 0 Å². The van der Waals surface area contributed by atoms with E-state index in [1.54, 1.807) is 10.7 Å². The lowest BCUT2D eigenvalue weighted by Gasteiger charge is -2.27. The Labute approximate surface area is 102 Å². The molecule has 1 aliphatic rings. The molecule has 2 atom stereocenters. The van der Waals surface area contributed by atoms with Crippen LogP contribution in [0.1, 0.15) is 51.3 Å². The van der Waals surface area contributed by atoms with Gasteiger partial charge < -0.3 is 5.11 Å². The van der Waals surface area contributed by atoms with Crippen molar-refractivity contribution in [2.75, 3.05) is 0 Å². The van der Waals surface area contributed by atoms with Crippen LogP contribution in [0.5, 0.6) is 0 Å². The number of aliphatic hydroxyl groups is 1. The second-order valence-corrected chi connectivity index (χ2v) is 5.51. The van der Waals surface area contributed by atoms with Crippen molar-refractivity contribution < 1.29 is 5.11 Å². The predicted octanol–water partition coefficient (Wildman–Crippen LogP) is 1.85. The number of nitrogens with zero attached hydrogens (tertiary/aromatic N) is 1. The van der Waals surface area contributed by atoms with E-state index in [1.807, 2.05) is 0 Å². The Bertz CT molecular complexity index is 419. The normalized spacial score (nSPS) is 25.4. The molecule has 1 aromatic rings. The highest BCUT2D eigenvalue weighted by atomic mass is 16.3. The maximum atomic E-state index is 11.9. The van der Waals surface area contributed by atoms with E-state index in [0.717, 1.165) is 37.8 Å². The van der Waals surface area contributed by atoms with Crippen molar-refractivity contribution in [2.45, 2.75) is 58.1 Å². The largest absolute Gasteiger partial charge is 0.391 e. The lowest BCUT2D eigenvalue weighted by atomic mass is 9.93. The summed E-state index contributed by atoms with van der Waals surface area (Å²) in [6.07, 6.45) is 4.34. The van der Waals surface area contributed by atoms with Gasteiger partial charge in [-0.1, -0.05) is 26.7 Å². The fourth-order valence-electron chi connectivity index (χ4n) is 2.64. The van der Waals surface area contributed by atoms with Gasteiger partial charge in [0.1, 0.15) is 0 Å². The van der Waals surface area contributed by atoms with Crippen molar-refractivity contribution in [1.82, 2.24) is 9.78 Å². The topological polar surface area (TPSA) is 58.0 Å². The van der Waals surface area contributed by atoms with Gasteiger partial charge in [0.25, 0.3) is 5.56 Å². The zero-order valence-electron chi connectivity index (χ0n) is 10.6. The van der Waals surface area contributed by atoms with Gasteiger partial charge in [-0.25, -0.2) is 4.68 Å². The minimum absolute atomic E-state index is 0.00778. The number of rotatable bonds is 3. The number of hydrogen-bond donors (Lipinski definition) is 2. The summed E-state index contributed by atoms with van der Waals surface area (Å²) in [7, 11) is 0. The monoisotopic (exact) mass is 238 g/mol. The summed E-state index contributed by atoms with van der Waals surface area (Å²) in [6, 6.07) is 1.61. The molecule has 1 saturated carbocycles. The Hall–Kier alpha value is -1.03. The van der Waals surface area contributed by atoms with Gasteiger partial charge in [-0.2, -0.15) is 0 Å². The zero-order chi connectivity index (χ0) is 12.4. The highest BCUT2D eigenvalue weighted by molar-refractivity contribution is 5.02. The van der Waals surface area contributed by atoms with Crippen LogP contribution in [0.3, 0.4) is 0 Å². The van der Waals surface area contributed by atoms with Crippen molar-refractivity contribution in [2.24, 2.45) is 5.92 Å². The minimum Gasteiger partial charge on any atom is -0.391 e. The van der Waals surface area contributed by atoms with Crippen LogP contribution >= 0.6 is 0 Å². The lowest BCUT2D eigenvalue weighted by molar-refractivity contribution is 0.0676. The summed E-state index contributed by atoms with van der Waals surface area (Å²) in [4.78, 5) is 11.9. The lowest BCUT2D eigenvalue weighted by Crippen LogP contribution is -2.33. The first kappa shape index (κ1) is 12.4. The van der Waals surface area contributed by atoms with Crippen LogP contribution in [0.25, 0.3) is 0 Å². The van der Waals surface area contributed by atoms with E-state index in [0.29, 0.717) is 5.92 Å². The standard InChI is InChI=1S/C13H22N2O2/c1-9(2)7-10-8-13(17)15(14-10)11-5-3-4-6-12(11)16/h8-9,11-12,14,16H,3-7H2,1-2H3. The van der Waals surface area contributed by atoms with Crippen molar-refractivity contribution in [1.29, 1.82) is 0 Å². The molecule has 2 N–H and O–H groups in total. The summed E-state index contributed by atoms with van der Waals surface area (Å²) in [5.41, 5.74) is 0.967. The van der Waals surface area contributed by atoms with Gasteiger partial charge in [-0.3, -0.25) is 9.89 Å². The third-order valence-corrected chi connectivity index (χ3v) is 3.45. The molecular formula is C13H22N2O2. The number of H-pyrrole nitrogens is 1. The molecule has 4 heteroatoms. The van der Waals surface area contributed by atoms with Gasteiger partial charge in [0.2, 0.25) is 0 Å². The van der Waals surface area contributed by atoms with Crippen LogP contribution in [0.2, 0.25) is 0 Å². The second-order valence-electron chi connectivity index (χ2n) is 5.51. The van der Waals surface area contributed by atoms with E-state index in [2.05, 4.69) is 18.9 Å². The third-order valence-electron chi connectivity index (χ3n) is 3.45. The van der Waals surface area contributed by atoms with Gasteiger partial charge in [-0.15, -0.1) is 0 Å². The maximum Gasteiger partial charge on any atom is 0.267 e. The first-order valence-corrected chi connectivity index (χ1v) is 6.56. The molecule has 96 valence electrons. The summed E-state index contributed by atoms with van der Waals surface area (Å²) < 4.78 is 1.63. The summed E-state index contributed by atoms with van der Waals surface area (Å²) in [6.45, 7) is 4.26. The Morgan fingerprint density at radius 3 is 2.82 bits per heavy atom. The molecule has 2 rings (SSSR count). The maximum absolute atomic E-state index is 11.9. The molecule has 1 aliphatic carbocycles. The smallest absolute Gasteiger partial charge is 0.267 e. The molecule has 0 aromatic carbocycles. The molecule has 0 spiro atoms. The molecule has 0 saturated heterocycles. The summed E-state index contributed by atoms with van der Waals surface area (Å²) >= 11 is 0. The van der Waals surface area contributed by atoms with Crippen LogP contribution in [-0.2, 0) is 6.42 Å². The summed E-state index contributed by atoms with van der Waals surface area (Å²) in [5.74, 6) is 0.526. The van der Waals surface area contributed by atoms with E-state index >= 15 is 0 Å². The SMILES string of the molecule is CC(C)Cc1cc(=O)n(C2CCCCC2O)[nH]1. The van der Waals surface area contributed by atoms with E-state index in [9.17, 15) is 9.90 Å². The van der Waals surface area contributed by atoms with Gasteiger partial charge in [0.15, 0.2) is 0 Å². The molecule has 1 fully saturated rings. The van der Waals surface area contributed by atoms with Gasteiger partial charge in [0.05, 0.1) is 12.1 Å². The van der Waals surface area contributed by atoms with Crippen molar-refractivity contribution in [3.63, 3.8) is 0 Å². The average molecular weight is 238 g/mol. The molecule has 0 bridgehead atoms. The predicted molar refractivity (Wildman–Crippen MR) is 67.1 cm³/mol. The first-order chi connectivity index (χ1) is 8.08. The average Bonchev–Trinajstić information content (AvgIpc) is 2.59. The number of aromatic nitrogens is 2. The highest BCUT2D eigenvalue weighted by Gasteiger charge is 2.26. The van der Waals surface area contributed by atoms with Crippen LogP contribution in [0.15, 0.2) is 10.9 Å². The Balaban J connectivity index is 2.20. The highest BCUT2D eigenvalue weighted by Crippen LogP contribution is 2.27. The molecule has 0 aliphatic heterocycles. The van der Waals surface area contributed by atoms with Crippen LogP contribution in [-0.4, -0.2) is 21.0 Å². The molecule has 17 heavy (non-hydrogen) atoms. The molecule has 0 radical (unpaired) electrons. The molecule has 2 unspecified atom stereocenters. The Morgan fingerprint density at radius 2 is 2.18 bits per heavy atom. The van der Waals surface area contributed by atoms with E-state index < -0.39 is 0 Å². The summed E-state index contributed by atoms with van der Waals surface area (Å²) in [5, 5.41) is 13.1. The van der Waals surface area contributed by atoms with Crippen LogP contribution in [0.4, 0.5) is 0 Å². The van der Waals surface area contributed by atoms with E-state index in [1.165, 1.54) is 0 Å². The molecular weight excluding hydrogens is 216 g/mol.